The lowest BCUT2D eigenvalue weighted by atomic mass is 9.92. The normalized spacial score (nSPS) is 19.2. The molecule has 2 heterocycles. The van der Waals surface area contributed by atoms with Gasteiger partial charge in [0.15, 0.2) is 0 Å². The van der Waals surface area contributed by atoms with Crippen molar-refractivity contribution in [2.24, 2.45) is 7.05 Å². The molecule has 1 unspecified atom stereocenters. The van der Waals surface area contributed by atoms with Gasteiger partial charge < -0.3 is 5.32 Å². The van der Waals surface area contributed by atoms with Gasteiger partial charge >= 0.3 is 0 Å². The van der Waals surface area contributed by atoms with Crippen LogP contribution in [0.3, 0.4) is 0 Å². The van der Waals surface area contributed by atoms with Crippen LogP contribution in [0.25, 0.3) is 11.3 Å². The number of nitrogens with zero attached hydrogens (tertiary/aromatic N) is 2. The molecule has 0 saturated carbocycles. The van der Waals surface area contributed by atoms with Gasteiger partial charge in [0.1, 0.15) is 0 Å². The highest BCUT2D eigenvalue weighted by Gasteiger charge is 2.23. The molecular formula is C17H23N3. The first-order valence-corrected chi connectivity index (χ1v) is 7.48. The Hall–Kier alpha value is -1.61. The largest absolute Gasteiger partial charge is 0.316 e. The molecule has 1 fully saturated rings. The number of nitrogens with one attached hydrogen (secondary N) is 1. The van der Waals surface area contributed by atoms with Gasteiger partial charge in [-0.05, 0) is 44.9 Å². The van der Waals surface area contributed by atoms with E-state index in [2.05, 4.69) is 55.2 Å². The van der Waals surface area contributed by atoms with E-state index >= 15 is 0 Å². The van der Waals surface area contributed by atoms with Crippen LogP contribution in [-0.2, 0) is 7.05 Å². The Labute approximate surface area is 121 Å². The number of piperidine rings is 1. The quantitative estimate of drug-likeness (QED) is 0.907. The van der Waals surface area contributed by atoms with Crippen LogP contribution in [0.5, 0.6) is 0 Å². The van der Waals surface area contributed by atoms with E-state index in [1.807, 2.05) is 0 Å². The number of aromatic nitrogens is 2. The molecule has 1 N–H and O–H groups in total. The molecule has 20 heavy (non-hydrogen) atoms. The highest BCUT2D eigenvalue weighted by atomic mass is 15.3. The number of rotatable bonds is 2. The molecule has 0 spiro atoms. The van der Waals surface area contributed by atoms with Crippen LogP contribution in [0.4, 0.5) is 0 Å². The Kier molecular flexibility index (Phi) is 3.62. The van der Waals surface area contributed by atoms with Gasteiger partial charge in [-0.15, -0.1) is 0 Å². The summed E-state index contributed by atoms with van der Waals surface area (Å²) in [5, 5.41) is 8.29. The maximum Gasteiger partial charge on any atom is 0.0955 e. The van der Waals surface area contributed by atoms with E-state index in [1.165, 1.54) is 35.2 Å². The minimum absolute atomic E-state index is 0.597. The van der Waals surface area contributed by atoms with Crippen molar-refractivity contribution >= 4 is 0 Å². The zero-order valence-corrected chi connectivity index (χ0v) is 12.6. The van der Waals surface area contributed by atoms with Crippen molar-refractivity contribution < 1.29 is 0 Å². The maximum absolute atomic E-state index is 4.79. The fourth-order valence-corrected chi connectivity index (χ4v) is 3.37. The van der Waals surface area contributed by atoms with E-state index in [4.69, 9.17) is 5.10 Å². The van der Waals surface area contributed by atoms with Crippen molar-refractivity contribution in [2.75, 3.05) is 13.1 Å². The average molecular weight is 269 g/mol. The van der Waals surface area contributed by atoms with Gasteiger partial charge in [0.05, 0.1) is 5.69 Å². The topological polar surface area (TPSA) is 29.9 Å². The van der Waals surface area contributed by atoms with Gasteiger partial charge in [-0.2, -0.15) is 5.10 Å². The Morgan fingerprint density at radius 2 is 2.15 bits per heavy atom. The SMILES string of the molecule is Cc1cccc(-c2nn(C)c(C3CCCNC3)c2C)c1. The second kappa shape index (κ2) is 5.41. The number of benzene rings is 1. The number of aryl methyl sites for hydroxylation is 2. The molecular weight excluding hydrogens is 246 g/mol. The number of hydrogen-bond acceptors (Lipinski definition) is 2. The van der Waals surface area contributed by atoms with Crippen molar-refractivity contribution in [3.05, 3.63) is 41.1 Å². The smallest absolute Gasteiger partial charge is 0.0955 e. The lowest BCUT2D eigenvalue weighted by molar-refractivity contribution is 0.440. The molecule has 1 aromatic heterocycles. The molecule has 0 radical (unpaired) electrons. The van der Waals surface area contributed by atoms with E-state index in [1.54, 1.807) is 0 Å². The van der Waals surface area contributed by atoms with E-state index in [9.17, 15) is 0 Å². The van der Waals surface area contributed by atoms with E-state index in [0.29, 0.717) is 5.92 Å². The molecule has 3 nitrogen and oxygen atoms in total. The van der Waals surface area contributed by atoms with E-state index < -0.39 is 0 Å². The molecule has 0 aliphatic carbocycles. The molecule has 1 aliphatic heterocycles. The fraction of sp³-hybridized carbons (Fsp3) is 0.471. The zero-order chi connectivity index (χ0) is 14.1. The molecule has 1 saturated heterocycles. The highest BCUT2D eigenvalue weighted by molar-refractivity contribution is 5.64. The molecule has 106 valence electrons. The van der Waals surface area contributed by atoms with Crippen LogP contribution in [0.2, 0.25) is 0 Å². The highest BCUT2D eigenvalue weighted by Crippen LogP contribution is 2.32. The van der Waals surface area contributed by atoms with Crippen LogP contribution in [0.1, 0.15) is 35.6 Å². The van der Waals surface area contributed by atoms with Crippen molar-refractivity contribution in [3.63, 3.8) is 0 Å². The molecule has 1 atom stereocenters. The third-order valence-electron chi connectivity index (χ3n) is 4.31. The summed E-state index contributed by atoms with van der Waals surface area (Å²) in [6.07, 6.45) is 2.52. The summed E-state index contributed by atoms with van der Waals surface area (Å²) in [7, 11) is 2.08. The van der Waals surface area contributed by atoms with Gasteiger partial charge in [-0.1, -0.05) is 23.8 Å². The molecule has 0 bridgehead atoms. The van der Waals surface area contributed by atoms with Crippen molar-refractivity contribution in [2.45, 2.75) is 32.6 Å². The first-order chi connectivity index (χ1) is 9.66. The maximum atomic E-state index is 4.79. The predicted molar refractivity (Wildman–Crippen MR) is 83.0 cm³/mol. The molecule has 3 rings (SSSR count). The first kappa shape index (κ1) is 13.4. The van der Waals surface area contributed by atoms with Crippen LogP contribution in [0.15, 0.2) is 24.3 Å². The minimum atomic E-state index is 0.597. The molecule has 3 heteroatoms. The number of hydrogen-bond donors (Lipinski definition) is 1. The lowest BCUT2D eigenvalue weighted by Gasteiger charge is -2.23. The summed E-state index contributed by atoms with van der Waals surface area (Å²) in [6.45, 7) is 6.58. The molecule has 0 amide bonds. The summed E-state index contributed by atoms with van der Waals surface area (Å²) in [5.74, 6) is 0.597. The van der Waals surface area contributed by atoms with Gasteiger partial charge in [0, 0.05) is 30.8 Å². The Balaban J connectivity index is 2.02. The second-order valence-electron chi connectivity index (χ2n) is 5.90. The van der Waals surface area contributed by atoms with Gasteiger partial charge in [-0.25, -0.2) is 0 Å². The van der Waals surface area contributed by atoms with Crippen LogP contribution in [0, 0.1) is 13.8 Å². The summed E-state index contributed by atoms with van der Waals surface area (Å²) in [6, 6.07) is 8.62. The van der Waals surface area contributed by atoms with Gasteiger partial charge in [0.2, 0.25) is 0 Å². The summed E-state index contributed by atoms with van der Waals surface area (Å²) < 4.78 is 2.09. The van der Waals surface area contributed by atoms with Crippen molar-refractivity contribution in [3.8, 4) is 11.3 Å². The third-order valence-corrected chi connectivity index (χ3v) is 4.31. The molecule has 1 aromatic carbocycles. The lowest BCUT2D eigenvalue weighted by Crippen LogP contribution is -2.29. The van der Waals surface area contributed by atoms with Crippen molar-refractivity contribution in [1.29, 1.82) is 0 Å². The Bertz CT molecular complexity index is 607. The predicted octanol–water partition coefficient (Wildman–Crippen LogP) is 3.17. The second-order valence-corrected chi connectivity index (χ2v) is 5.90. The minimum Gasteiger partial charge on any atom is -0.316 e. The standard InChI is InChI=1S/C17H23N3/c1-12-6-4-7-14(10-12)16-13(2)17(20(3)19-16)15-8-5-9-18-11-15/h4,6-7,10,15,18H,5,8-9,11H2,1-3H3. The van der Waals surface area contributed by atoms with Crippen LogP contribution >= 0.6 is 0 Å². The average Bonchev–Trinajstić information content (AvgIpc) is 2.75. The Morgan fingerprint density at radius 1 is 1.30 bits per heavy atom. The van der Waals surface area contributed by atoms with Crippen LogP contribution in [-0.4, -0.2) is 22.9 Å². The Morgan fingerprint density at radius 3 is 2.85 bits per heavy atom. The molecule has 2 aromatic rings. The summed E-state index contributed by atoms with van der Waals surface area (Å²) >= 11 is 0. The third kappa shape index (κ3) is 2.38. The van der Waals surface area contributed by atoms with Gasteiger partial charge in [0.25, 0.3) is 0 Å². The van der Waals surface area contributed by atoms with E-state index in [-0.39, 0.29) is 0 Å². The zero-order valence-electron chi connectivity index (χ0n) is 12.6. The summed E-state index contributed by atoms with van der Waals surface area (Å²) in [5.41, 5.74) is 6.39. The van der Waals surface area contributed by atoms with Crippen molar-refractivity contribution in [1.82, 2.24) is 15.1 Å². The fourth-order valence-electron chi connectivity index (χ4n) is 3.37. The summed E-state index contributed by atoms with van der Waals surface area (Å²) in [4.78, 5) is 0. The monoisotopic (exact) mass is 269 g/mol. The van der Waals surface area contributed by atoms with Gasteiger partial charge in [-0.3, -0.25) is 4.68 Å². The molecule has 1 aliphatic rings. The van der Waals surface area contributed by atoms with Crippen LogP contribution < -0.4 is 5.32 Å². The van der Waals surface area contributed by atoms with E-state index in [0.717, 1.165) is 18.8 Å². The first-order valence-electron chi connectivity index (χ1n) is 7.48.